The smallest absolute Gasteiger partial charge is 0.255 e. The molecule has 2 heterocycles. The summed E-state index contributed by atoms with van der Waals surface area (Å²) in [5, 5.41) is 4.88. The molecule has 1 aliphatic rings. The van der Waals surface area contributed by atoms with Gasteiger partial charge >= 0.3 is 0 Å². The van der Waals surface area contributed by atoms with Crippen molar-refractivity contribution >= 4 is 46.2 Å². The Morgan fingerprint density at radius 3 is 2.46 bits per heavy atom. The molecule has 35 heavy (non-hydrogen) atoms. The third-order valence-electron chi connectivity index (χ3n) is 6.12. The molecule has 5 rings (SSSR count). The van der Waals surface area contributed by atoms with Gasteiger partial charge in [0, 0.05) is 29.1 Å². The first kappa shape index (κ1) is 22.6. The number of rotatable bonds is 5. The van der Waals surface area contributed by atoms with Crippen molar-refractivity contribution in [3.63, 3.8) is 0 Å². The van der Waals surface area contributed by atoms with Crippen LogP contribution < -0.4 is 11.1 Å². The number of nitrogen functional groups attached to an aromatic ring is 1. The summed E-state index contributed by atoms with van der Waals surface area (Å²) in [5.41, 5.74) is 11.3. The first-order chi connectivity index (χ1) is 17.1. The number of fused-ring (bicyclic) bond motifs is 1. The molecule has 1 aromatic heterocycles. The fourth-order valence-corrected chi connectivity index (χ4v) is 4.91. The molecule has 2 amide bonds. The van der Waals surface area contributed by atoms with Crippen LogP contribution in [0.2, 0.25) is 0 Å². The highest BCUT2D eigenvalue weighted by Gasteiger charge is 2.25. The lowest BCUT2D eigenvalue weighted by molar-refractivity contribution is -0.125. The predicted molar refractivity (Wildman–Crippen MR) is 143 cm³/mol. The summed E-state index contributed by atoms with van der Waals surface area (Å²) >= 11 is 1.60. The van der Waals surface area contributed by atoms with Gasteiger partial charge in [-0.3, -0.25) is 9.59 Å². The average molecular weight is 480 g/mol. The number of anilines is 2. The fourth-order valence-electron chi connectivity index (χ4n) is 4.25. The molecular weight excluding hydrogens is 454 g/mol. The van der Waals surface area contributed by atoms with E-state index in [-0.39, 0.29) is 11.8 Å². The number of para-hydroxylation sites is 2. The Morgan fingerprint density at radius 2 is 1.69 bits per heavy atom. The Labute approximate surface area is 208 Å². The Bertz CT molecular complexity index is 1390. The van der Waals surface area contributed by atoms with Crippen molar-refractivity contribution in [2.75, 3.05) is 17.6 Å². The number of nitrogens with zero attached hydrogens (tertiary/aromatic N) is 1. The van der Waals surface area contributed by atoms with Gasteiger partial charge in [0.25, 0.3) is 11.8 Å². The van der Waals surface area contributed by atoms with E-state index in [0.717, 1.165) is 28.0 Å². The second-order valence-corrected chi connectivity index (χ2v) is 9.42. The summed E-state index contributed by atoms with van der Waals surface area (Å²) < 4.78 is 0. The Balaban J connectivity index is 1.39. The molecule has 6 heteroatoms. The highest BCUT2D eigenvalue weighted by molar-refractivity contribution is 7.11. The Morgan fingerprint density at radius 1 is 0.886 bits per heavy atom. The quantitative estimate of drug-likeness (QED) is 0.284. The summed E-state index contributed by atoms with van der Waals surface area (Å²) in [7, 11) is 0. The number of hydrogen-bond donors (Lipinski definition) is 2. The van der Waals surface area contributed by atoms with Crippen LogP contribution in [-0.2, 0) is 17.8 Å². The zero-order valence-corrected chi connectivity index (χ0v) is 19.9. The highest BCUT2D eigenvalue weighted by atomic mass is 32.1. The van der Waals surface area contributed by atoms with E-state index in [1.165, 1.54) is 0 Å². The van der Waals surface area contributed by atoms with E-state index >= 15 is 0 Å². The van der Waals surface area contributed by atoms with E-state index in [1.807, 2.05) is 89.2 Å². The van der Waals surface area contributed by atoms with Gasteiger partial charge in [-0.1, -0.05) is 54.6 Å². The van der Waals surface area contributed by atoms with Gasteiger partial charge in [-0.15, -0.1) is 11.3 Å². The van der Waals surface area contributed by atoms with Crippen LogP contribution in [0.3, 0.4) is 0 Å². The van der Waals surface area contributed by atoms with Gasteiger partial charge in [-0.05, 0) is 64.9 Å². The first-order valence-electron chi connectivity index (χ1n) is 11.5. The molecule has 0 saturated heterocycles. The van der Waals surface area contributed by atoms with E-state index in [2.05, 4.69) is 5.32 Å². The lowest BCUT2D eigenvalue weighted by Gasteiger charge is -2.30. The van der Waals surface area contributed by atoms with Crippen molar-refractivity contribution in [1.82, 2.24) is 4.90 Å². The second-order valence-electron chi connectivity index (χ2n) is 8.44. The molecular formula is C29H25N3O2S. The van der Waals surface area contributed by atoms with Crippen LogP contribution in [0.4, 0.5) is 11.4 Å². The number of carbonyl (C=O) groups excluding carboxylic acids is 2. The van der Waals surface area contributed by atoms with Crippen LogP contribution in [0.15, 0.2) is 90.3 Å². The van der Waals surface area contributed by atoms with Gasteiger partial charge < -0.3 is 16.0 Å². The van der Waals surface area contributed by atoms with Crippen LogP contribution in [0.1, 0.15) is 31.9 Å². The van der Waals surface area contributed by atoms with Gasteiger partial charge in [0.1, 0.15) is 0 Å². The molecule has 0 unspecified atom stereocenters. The molecule has 0 spiro atoms. The summed E-state index contributed by atoms with van der Waals surface area (Å²) in [6.07, 6.45) is 2.71. The Kier molecular flexibility index (Phi) is 6.46. The van der Waals surface area contributed by atoms with Crippen LogP contribution in [0.5, 0.6) is 0 Å². The highest BCUT2D eigenvalue weighted by Crippen LogP contribution is 2.27. The predicted octanol–water partition coefficient (Wildman–Crippen LogP) is 5.71. The molecule has 0 bridgehead atoms. The van der Waals surface area contributed by atoms with E-state index in [0.29, 0.717) is 35.6 Å². The molecule has 5 nitrogen and oxygen atoms in total. The lowest BCUT2D eigenvalue weighted by Crippen LogP contribution is -2.36. The molecule has 0 radical (unpaired) electrons. The van der Waals surface area contributed by atoms with Crippen LogP contribution in [0, 0.1) is 0 Å². The SMILES string of the molecule is Nc1ccccc1NC(=O)c1ccc2c(c1)CN(C(=O)/C(=C\c1cccs1)c1ccccc1)CC2. The zero-order chi connectivity index (χ0) is 24.2. The number of amides is 2. The largest absolute Gasteiger partial charge is 0.397 e. The van der Waals surface area contributed by atoms with Crippen molar-refractivity contribution in [3.8, 4) is 0 Å². The van der Waals surface area contributed by atoms with Gasteiger partial charge in [-0.2, -0.15) is 0 Å². The number of nitrogens with one attached hydrogen (secondary N) is 1. The first-order valence-corrected chi connectivity index (χ1v) is 12.3. The van der Waals surface area contributed by atoms with Gasteiger partial charge in [0.05, 0.1) is 11.4 Å². The molecule has 3 N–H and O–H groups in total. The van der Waals surface area contributed by atoms with E-state index in [1.54, 1.807) is 23.5 Å². The van der Waals surface area contributed by atoms with Crippen molar-refractivity contribution in [3.05, 3.63) is 117 Å². The number of carbonyl (C=O) groups is 2. The van der Waals surface area contributed by atoms with Crippen molar-refractivity contribution in [2.24, 2.45) is 0 Å². The fraction of sp³-hybridized carbons (Fsp3) is 0.103. The molecule has 0 saturated carbocycles. The minimum absolute atomic E-state index is 0.0119. The standard InChI is InChI=1S/C29H25N3O2S/c30-26-10-4-5-11-27(26)31-28(33)22-13-12-20-14-15-32(19-23(20)17-22)29(34)25(18-24-9-6-16-35-24)21-7-2-1-3-8-21/h1-13,16-18H,14-15,19,30H2,(H,31,33)/b25-18-. The summed E-state index contributed by atoms with van der Waals surface area (Å²) in [5.74, 6) is -0.237. The van der Waals surface area contributed by atoms with Gasteiger partial charge in [0.15, 0.2) is 0 Å². The molecule has 0 aliphatic carbocycles. The number of hydrogen-bond acceptors (Lipinski definition) is 4. The van der Waals surface area contributed by atoms with Gasteiger partial charge in [0.2, 0.25) is 0 Å². The minimum Gasteiger partial charge on any atom is -0.397 e. The van der Waals surface area contributed by atoms with E-state index in [9.17, 15) is 9.59 Å². The summed E-state index contributed by atoms with van der Waals surface area (Å²) in [6.45, 7) is 1.09. The van der Waals surface area contributed by atoms with Gasteiger partial charge in [-0.25, -0.2) is 0 Å². The molecule has 0 atom stereocenters. The summed E-state index contributed by atoms with van der Waals surface area (Å²) in [6, 6.07) is 26.6. The van der Waals surface area contributed by atoms with Crippen LogP contribution in [0.25, 0.3) is 11.6 Å². The van der Waals surface area contributed by atoms with Crippen LogP contribution in [-0.4, -0.2) is 23.3 Å². The lowest BCUT2D eigenvalue weighted by atomic mass is 9.95. The average Bonchev–Trinajstić information content (AvgIpc) is 3.41. The molecule has 0 fully saturated rings. The van der Waals surface area contributed by atoms with Crippen LogP contribution >= 0.6 is 11.3 Å². The maximum Gasteiger partial charge on any atom is 0.255 e. The third kappa shape index (κ3) is 5.03. The van der Waals surface area contributed by atoms with Crippen molar-refractivity contribution in [1.29, 1.82) is 0 Å². The number of nitrogens with two attached hydrogens (primary N) is 1. The normalized spacial score (nSPS) is 13.3. The van der Waals surface area contributed by atoms with Crippen molar-refractivity contribution in [2.45, 2.75) is 13.0 Å². The second kappa shape index (κ2) is 9.99. The maximum atomic E-state index is 13.7. The monoisotopic (exact) mass is 479 g/mol. The zero-order valence-electron chi connectivity index (χ0n) is 19.1. The number of thiophene rings is 1. The van der Waals surface area contributed by atoms with E-state index in [4.69, 9.17) is 5.73 Å². The topological polar surface area (TPSA) is 75.4 Å². The molecule has 174 valence electrons. The minimum atomic E-state index is -0.225. The number of benzene rings is 3. The molecule has 1 aliphatic heterocycles. The third-order valence-corrected chi connectivity index (χ3v) is 6.94. The molecule has 4 aromatic rings. The van der Waals surface area contributed by atoms with Crippen molar-refractivity contribution < 1.29 is 9.59 Å². The molecule has 3 aromatic carbocycles. The summed E-state index contributed by atoms with van der Waals surface area (Å²) in [4.78, 5) is 29.5. The van der Waals surface area contributed by atoms with E-state index < -0.39 is 0 Å². The maximum absolute atomic E-state index is 13.7. The Hall–Kier alpha value is -4.16.